The second-order valence-electron chi connectivity index (χ2n) is 5.31. The van der Waals surface area contributed by atoms with Gasteiger partial charge in [0.05, 0.1) is 31.9 Å². The molecule has 3 rings (SSSR count). The maximum absolute atomic E-state index is 12.7. The van der Waals surface area contributed by atoms with Gasteiger partial charge in [-0.05, 0) is 47.7 Å². The van der Waals surface area contributed by atoms with Gasteiger partial charge in [0.2, 0.25) is 5.75 Å². The van der Waals surface area contributed by atoms with Crippen molar-refractivity contribution in [3.8, 4) is 17.2 Å². The Morgan fingerprint density at radius 2 is 1.54 bits per heavy atom. The minimum absolute atomic E-state index is 0.327. The zero-order valence-electron chi connectivity index (χ0n) is 14.5. The summed E-state index contributed by atoms with van der Waals surface area (Å²) in [6, 6.07) is 12.3. The number of thioether (sulfide) groups is 1. The number of imide groups is 1. The number of anilines is 1. The van der Waals surface area contributed by atoms with Gasteiger partial charge in [-0.15, -0.1) is 0 Å². The first-order valence-electron chi connectivity index (χ1n) is 7.72. The van der Waals surface area contributed by atoms with E-state index in [4.69, 9.17) is 14.2 Å². The smallest absolute Gasteiger partial charge is 0.298 e. The topological polar surface area (TPSA) is 65.1 Å². The summed E-state index contributed by atoms with van der Waals surface area (Å²) in [5, 5.41) is -0.333. The van der Waals surface area contributed by atoms with Gasteiger partial charge in [0.1, 0.15) is 0 Å². The lowest BCUT2D eigenvalue weighted by molar-refractivity contribution is -0.113. The molecule has 1 heterocycles. The number of methoxy groups -OCH3 is 3. The summed E-state index contributed by atoms with van der Waals surface area (Å²) in [5.74, 6) is 1.05. The van der Waals surface area contributed by atoms with Gasteiger partial charge in [0, 0.05) is 0 Å². The van der Waals surface area contributed by atoms with E-state index in [1.807, 2.05) is 6.07 Å². The van der Waals surface area contributed by atoms with Crippen LogP contribution in [0, 0.1) is 0 Å². The Bertz CT molecular complexity index is 854. The maximum atomic E-state index is 12.7. The highest BCUT2D eigenvalue weighted by molar-refractivity contribution is 8.19. The standard InChI is InChI=1S/C19H17NO5S/c1-23-14-9-12(10-15(24-2)17(14)25-3)11-16-18(21)20(19(22)26-16)13-7-5-4-6-8-13/h4-11H,1-3H3/b16-11+. The van der Waals surface area contributed by atoms with Crippen LogP contribution in [-0.4, -0.2) is 32.5 Å². The molecule has 0 spiro atoms. The summed E-state index contributed by atoms with van der Waals surface area (Å²) in [6.45, 7) is 0. The molecular weight excluding hydrogens is 354 g/mol. The minimum atomic E-state index is -0.361. The highest BCUT2D eigenvalue weighted by atomic mass is 32.2. The number of benzene rings is 2. The van der Waals surface area contributed by atoms with Gasteiger partial charge in [0.25, 0.3) is 11.1 Å². The quantitative estimate of drug-likeness (QED) is 0.742. The van der Waals surface area contributed by atoms with Crippen LogP contribution in [0.2, 0.25) is 0 Å². The summed E-state index contributed by atoms with van der Waals surface area (Å²) in [7, 11) is 4.56. The van der Waals surface area contributed by atoms with E-state index in [9.17, 15) is 9.59 Å². The van der Waals surface area contributed by atoms with Crippen LogP contribution < -0.4 is 19.1 Å². The number of ether oxygens (including phenoxy) is 3. The molecule has 0 bridgehead atoms. The number of hydrogen-bond donors (Lipinski definition) is 0. The number of rotatable bonds is 5. The molecule has 26 heavy (non-hydrogen) atoms. The van der Waals surface area contributed by atoms with E-state index in [-0.39, 0.29) is 11.1 Å². The van der Waals surface area contributed by atoms with Gasteiger partial charge in [-0.1, -0.05) is 18.2 Å². The third-order valence-electron chi connectivity index (χ3n) is 3.79. The van der Waals surface area contributed by atoms with Crippen LogP contribution >= 0.6 is 11.8 Å². The predicted molar refractivity (Wildman–Crippen MR) is 101 cm³/mol. The molecule has 2 aromatic carbocycles. The Balaban J connectivity index is 1.98. The van der Waals surface area contributed by atoms with Crippen LogP contribution in [0.25, 0.3) is 6.08 Å². The summed E-state index contributed by atoms with van der Waals surface area (Å²) in [6.07, 6.45) is 1.64. The van der Waals surface area contributed by atoms with Crippen molar-refractivity contribution in [2.24, 2.45) is 0 Å². The fourth-order valence-corrected chi connectivity index (χ4v) is 3.44. The molecule has 0 atom stereocenters. The van der Waals surface area contributed by atoms with Crippen LogP contribution in [0.3, 0.4) is 0 Å². The molecule has 7 heteroatoms. The van der Waals surface area contributed by atoms with Crippen LogP contribution in [0.1, 0.15) is 5.56 Å². The molecule has 2 aromatic rings. The zero-order chi connectivity index (χ0) is 18.7. The number of carbonyl (C=O) groups excluding carboxylic acids is 2. The maximum Gasteiger partial charge on any atom is 0.298 e. The highest BCUT2D eigenvalue weighted by Crippen LogP contribution is 2.40. The van der Waals surface area contributed by atoms with E-state index >= 15 is 0 Å². The molecular formula is C19H17NO5S. The average molecular weight is 371 g/mol. The molecule has 134 valence electrons. The number of carbonyl (C=O) groups is 2. The molecule has 0 N–H and O–H groups in total. The lowest BCUT2D eigenvalue weighted by atomic mass is 10.1. The van der Waals surface area contributed by atoms with Gasteiger partial charge in [-0.3, -0.25) is 9.59 Å². The Kier molecular flexibility index (Phi) is 5.18. The molecule has 0 radical (unpaired) electrons. The van der Waals surface area contributed by atoms with E-state index in [0.29, 0.717) is 33.4 Å². The summed E-state index contributed by atoms with van der Waals surface area (Å²) in [4.78, 5) is 26.5. The Morgan fingerprint density at radius 3 is 2.08 bits per heavy atom. The van der Waals surface area contributed by atoms with E-state index in [0.717, 1.165) is 16.7 Å². The van der Waals surface area contributed by atoms with Crippen LogP contribution in [0.4, 0.5) is 10.5 Å². The second kappa shape index (κ2) is 7.53. The molecule has 1 fully saturated rings. The molecule has 6 nitrogen and oxygen atoms in total. The lowest BCUT2D eigenvalue weighted by Crippen LogP contribution is -2.27. The number of para-hydroxylation sites is 1. The fourth-order valence-electron chi connectivity index (χ4n) is 2.60. The third kappa shape index (κ3) is 3.25. The second-order valence-corrected chi connectivity index (χ2v) is 6.30. The summed E-state index contributed by atoms with van der Waals surface area (Å²) >= 11 is 0.894. The molecule has 1 aliphatic heterocycles. The number of hydrogen-bond acceptors (Lipinski definition) is 6. The van der Waals surface area contributed by atoms with Crippen molar-refractivity contribution >= 4 is 34.7 Å². The van der Waals surface area contributed by atoms with Crippen molar-refractivity contribution in [3.63, 3.8) is 0 Å². The van der Waals surface area contributed by atoms with Gasteiger partial charge in [-0.25, -0.2) is 4.90 Å². The largest absolute Gasteiger partial charge is 0.493 e. The van der Waals surface area contributed by atoms with E-state index in [1.54, 1.807) is 42.5 Å². The number of amides is 2. The van der Waals surface area contributed by atoms with Gasteiger partial charge < -0.3 is 14.2 Å². The predicted octanol–water partition coefficient (Wildman–Crippen LogP) is 3.95. The molecule has 1 aliphatic rings. The van der Waals surface area contributed by atoms with Crippen molar-refractivity contribution in [3.05, 3.63) is 52.9 Å². The molecule has 0 aliphatic carbocycles. The minimum Gasteiger partial charge on any atom is -0.493 e. The van der Waals surface area contributed by atoms with Gasteiger partial charge in [0.15, 0.2) is 11.5 Å². The van der Waals surface area contributed by atoms with E-state index in [2.05, 4.69) is 0 Å². The van der Waals surface area contributed by atoms with E-state index < -0.39 is 0 Å². The fraction of sp³-hybridized carbons (Fsp3) is 0.158. The first-order chi connectivity index (χ1) is 12.6. The first kappa shape index (κ1) is 17.9. The monoisotopic (exact) mass is 371 g/mol. The molecule has 0 saturated carbocycles. The van der Waals surface area contributed by atoms with Crippen molar-refractivity contribution in [1.82, 2.24) is 0 Å². The van der Waals surface area contributed by atoms with Gasteiger partial charge >= 0.3 is 0 Å². The molecule has 0 unspecified atom stereocenters. The van der Waals surface area contributed by atoms with Crippen molar-refractivity contribution in [2.45, 2.75) is 0 Å². The van der Waals surface area contributed by atoms with Crippen molar-refractivity contribution < 1.29 is 23.8 Å². The highest BCUT2D eigenvalue weighted by Gasteiger charge is 2.36. The van der Waals surface area contributed by atoms with Crippen molar-refractivity contribution in [2.75, 3.05) is 26.2 Å². The summed E-state index contributed by atoms with van der Waals surface area (Å²) in [5.41, 5.74) is 1.21. The average Bonchev–Trinajstić information content (AvgIpc) is 2.94. The molecule has 0 aromatic heterocycles. The SMILES string of the molecule is COc1cc(/C=C2/SC(=O)N(c3ccccc3)C2=O)cc(OC)c1OC. The summed E-state index contributed by atoms with van der Waals surface area (Å²) < 4.78 is 15.9. The Hall–Kier alpha value is -2.93. The first-order valence-corrected chi connectivity index (χ1v) is 8.53. The molecule has 1 saturated heterocycles. The third-order valence-corrected chi connectivity index (χ3v) is 4.66. The Labute approximate surface area is 155 Å². The normalized spacial score (nSPS) is 15.5. The molecule has 2 amide bonds. The van der Waals surface area contributed by atoms with Crippen LogP contribution in [0.15, 0.2) is 47.4 Å². The van der Waals surface area contributed by atoms with Crippen LogP contribution in [0.5, 0.6) is 17.2 Å². The number of nitrogens with zero attached hydrogens (tertiary/aromatic N) is 1. The zero-order valence-corrected chi connectivity index (χ0v) is 15.3. The van der Waals surface area contributed by atoms with Crippen molar-refractivity contribution in [1.29, 1.82) is 0 Å². The van der Waals surface area contributed by atoms with Crippen LogP contribution in [-0.2, 0) is 4.79 Å². The lowest BCUT2D eigenvalue weighted by Gasteiger charge is -2.13. The van der Waals surface area contributed by atoms with Gasteiger partial charge in [-0.2, -0.15) is 0 Å². The Morgan fingerprint density at radius 1 is 0.923 bits per heavy atom. The van der Waals surface area contributed by atoms with E-state index in [1.165, 1.54) is 21.3 Å².